The summed E-state index contributed by atoms with van der Waals surface area (Å²) in [5, 5.41) is 2.92. The van der Waals surface area contributed by atoms with Gasteiger partial charge in [-0.3, -0.25) is 9.69 Å². The molecule has 1 N–H and O–H groups in total. The lowest BCUT2D eigenvalue weighted by atomic mass is 10.2. The first-order valence-corrected chi connectivity index (χ1v) is 9.47. The fraction of sp³-hybridized carbons (Fsp3) is 0.318. The molecular formula is C22H26FN3O2. The molecule has 5 nitrogen and oxygen atoms in total. The third-order valence-electron chi connectivity index (χ3n) is 4.84. The molecule has 1 aliphatic rings. The van der Waals surface area contributed by atoms with Gasteiger partial charge in [0.25, 0.3) is 0 Å². The Kier molecular flexibility index (Phi) is 7.03. The number of piperazine rings is 1. The summed E-state index contributed by atoms with van der Waals surface area (Å²) in [5.74, 6) is 0.416. The molecule has 1 fully saturated rings. The second-order valence-corrected chi connectivity index (χ2v) is 6.67. The number of para-hydroxylation sites is 1. The first-order chi connectivity index (χ1) is 13.7. The van der Waals surface area contributed by atoms with Gasteiger partial charge < -0.3 is 15.0 Å². The first-order valence-electron chi connectivity index (χ1n) is 9.47. The van der Waals surface area contributed by atoms with Crippen molar-refractivity contribution < 1.29 is 13.9 Å². The third-order valence-corrected chi connectivity index (χ3v) is 4.84. The maximum absolute atomic E-state index is 13.0. The standard InChI is InChI=1S/C22H26FN3O2/c1-28-21-5-3-2-4-18(21)6-11-22(27)24-12-13-25-14-16-26(17-15-25)20-9-7-19(23)8-10-20/h2-11H,12-17H2,1H3,(H,24,27)/b11-6+. The molecule has 28 heavy (non-hydrogen) atoms. The number of nitrogens with zero attached hydrogens (tertiary/aromatic N) is 2. The fourth-order valence-electron chi connectivity index (χ4n) is 3.25. The van der Waals surface area contributed by atoms with Crippen LogP contribution in [-0.2, 0) is 4.79 Å². The molecule has 0 unspecified atom stereocenters. The van der Waals surface area contributed by atoms with E-state index < -0.39 is 0 Å². The molecule has 0 saturated carbocycles. The molecular weight excluding hydrogens is 357 g/mol. The van der Waals surface area contributed by atoms with Crippen molar-refractivity contribution >= 4 is 17.7 Å². The Morgan fingerprint density at radius 1 is 1.11 bits per heavy atom. The zero-order valence-electron chi connectivity index (χ0n) is 16.1. The maximum Gasteiger partial charge on any atom is 0.244 e. The predicted molar refractivity (Wildman–Crippen MR) is 110 cm³/mol. The van der Waals surface area contributed by atoms with E-state index in [0.717, 1.165) is 49.7 Å². The topological polar surface area (TPSA) is 44.8 Å². The van der Waals surface area contributed by atoms with Crippen LogP contribution < -0.4 is 15.0 Å². The number of hydrogen-bond donors (Lipinski definition) is 1. The van der Waals surface area contributed by atoms with Gasteiger partial charge in [-0.1, -0.05) is 18.2 Å². The zero-order valence-corrected chi connectivity index (χ0v) is 16.1. The number of hydrogen-bond acceptors (Lipinski definition) is 4. The van der Waals surface area contributed by atoms with E-state index in [0.29, 0.717) is 6.54 Å². The molecule has 0 atom stereocenters. The second kappa shape index (κ2) is 9.90. The summed E-state index contributed by atoms with van der Waals surface area (Å²) in [7, 11) is 1.61. The number of nitrogens with one attached hydrogen (secondary N) is 1. The summed E-state index contributed by atoms with van der Waals surface area (Å²) >= 11 is 0. The molecule has 2 aromatic carbocycles. The van der Waals surface area contributed by atoms with Crippen molar-refractivity contribution in [3.05, 3.63) is 66.0 Å². The Morgan fingerprint density at radius 2 is 1.82 bits per heavy atom. The monoisotopic (exact) mass is 383 g/mol. The fourth-order valence-corrected chi connectivity index (χ4v) is 3.25. The largest absolute Gasteiger partial charge is 0.496 e. The van der Waals surface area contributed by atoms with E-state index in [-0.39, 0.29) is 11.7 Å². The van der Waals surface area contributed by atoms with Gasteiger partial charge in [0.1, 0.15) is 11.6 Å². The Hall–Kier alpha value is -2.86. The van der Waals surface area contributed by atoms with Crippen molar-refractivity contribution in [2.75, 3.05) is 51.3 Å². The molecule has 0 aromatic heterocycles. The third kappa shape index (κ3) is 5.57. The molecule has 0 spiro atoms. The minimum atomic E-state index is -0.210. The number of amides is 1. The Balaban J connectivity index is 1.38. The van der Waals surface area contributed by atoms with Crippen LogP contribution in [0.25, 0.3) is 6.08 Å². The molecule has 1 heterocycles. The van der Waals surface area contributed by atoms with Crippen LogP contribution in [0.5, 0.6) is 5.75 Å². The van der Waals surface area contributed by atoms with Crippen LogP contribution in [0.3, 0.4) is 0 Å². The van der Waals surface area contributed by atoms with Crippen LogP contribution >= 0.6 is 0 Å². The van der Waals surface area contributed by atoms with Gasteiger partial charge in [-0.15, -0.1) is 0 Å². The van der Waals surface area contributed by atoms with Crippen LogP contribution in [0.1, 0.15) is 5.56 Å². The molecule has 3 rings (SSSR count). The highest BCUT2D eigenvalue weighted by atomic mass is 19.1. The number of rotatable bonds is 7. The molecule has 1 amide bonds. The van der Waals surface area contributed by atoms with Crippen molar-refractivity contribution in [2.24, 2.45) is 0 Å². The lowest BCUT2D eigenvalue weighted by molar-refractivity contribution is -0.116. The summed E-state index contributed by atoms with van der Waals surface area (Å²) in [5.41, 5.74) is 1.92. The summed E-state index contributed by atoms with van der Waals surface area (Å²) in [6.45, 7) is 5.05. The normalized spacial score (nSPS) is 15.0. The van der Waals surface area contributed by atoms with Crippen LogP contribution in [0.2, 0.25) is 0 Å². The Bertz CT molecular complexity index is 800. The van der Waals surface area contributed by atoms with Gasteiger partial charge in [-0.25, -0.2) is 4.39 Å². The van der Waals surface area contributed by atoms with Gasteiger partial charge in [0.2, 0.25) is 5.91 Å². The number of carbonyl (C=O) groups excluding carboxylic acids is 1. The van der Waals surface area contributed by atoms with Crippen LogP contribution in [0.4, 0.5) is 10.1 Å². The van der Waals surface area contributed by atoms with Crippen LogP contribution in [0.15, 0.2) is 54.6 Å². The smallest absolute Gasteiger partial charge is 0.244 e. The van der Waals surface area contributed by atoms with Crippen LogP contribution in [-0.4, -0.2) is 57.2 Å². The van der Waals surface area contributed by atoms with E-state index in [1.807, 2.05) is 36.4 Å². The van der Waals surface area contributed by atoms with Gasteiger partial charge in [0.05, 0.1) is 7.11 Å². The van der Waals surface area contributed by atoms with E-state index in [2.05, 4.69) is 15.1 Å². The molecule has 1 aliphatic heterocycles. The molecule has 1 saturated heterocycles. The van der Waals surface area contributed by atoms with Crippen LogP contribution in [0, 0.1) is 5.82 Å². The molecule has 0 radical (unpaired) electrons. The van der Waals surface area contributed by atoms with Crippen molar-refractivity contribution in [2.45, 2.75) is 0 Å². The number of benzene rings is 2. The Labute approximate surface area is 165 Å². The Morgan fingerprint density at radius 3 is 2.54 bits per heavy atom. The minimum absolute atomic E-state index is 0.115. The molecule has 6 heteroatoms. The average Bonchev–Trinajstić information content (AvgIpc) is 2.73. The number of carbonyl (C=O) groups is 1. The SMILES string of the molecule is COc1ccccc1/C=C/C(=O)NCCN1CCN(c2ccc(F)cc2)CC1. The van der Waals surface area contributed by atoms with E-state index >= 15 is 0 Å². The van der Waals surface area contributed by atoms with E-state index in [1.165, 1.54) is 18.2 Å². The van der Waals surface area contributed by atoms with Gasteiger partial charge >= 0.3 is 0 Å². The highest BCUT2D eigenvalue weighted by Crippen LogP contribution is 2.18. The molecule has 2 aromatic rings. The van der Waals surface area contributed by atoms with Crippen molar-refractivity contribution in [1.82, 2.24) is 10.2 Å². The average molecular weight is 383 g/mol. The quantitative estimate of drug-likeness (QED) is 0.747. The van der Waals surface area contributed by atoms with E-state index in [9.17, 15) is 9.18 Å². The number of anilines is 1. The molecule has 0 aliphatic carbocycles. The number of methoxy groups -OCH3 is 1. The zero-order chi connectivity index (χ0) is 19.8. The molecule has 0 bridgehead atoms. The number of halogens is 1. The minimum Gasteiger partial charge on any atom is -0.496 e. The summed E-state index contributed by atoms with van der Waals surface area (Å²) in [6.07, 6.45) is 3.29. The van der Waals surface area contributed by atoms with Gasteiger partial charge in [0.15, 0.2) is 0 Å². The second-order valence-electron chi connectivity index (χ2n) is 6.67. The van der Waals surface area contributed by atoms with E-state index in [4.69, 9.17) is 4.74 Å². The summed E-state index contributed by atoms with van der Waals surface area (Å²) in [4.78, 5) is 16.6. The van der Waals surface area contributed by atoms with Gasteiger partial charge in [-0.2, -0.15) is 0 Å². The predicted octanol–water partition coefficient (Wildman–Crippen LogP) is 2.79. The van der Waals surface area contributed by atoms with Gasteiger partial charge in [-0.05, 0) is 36.4 Å². The first kappa shape index (κ1) is 19.9. The highest BCUT2D eigenvalue weighted by molar-refractivity contribution is 5.92. The lowest BCUT2D eigenvalue weighted by Gasteiger charge is -2.36. The summed E-state index contributed by atoms with van der Waals surface area (Å²) < 4.78 is 18.3. The van der Waals surface area contributed by atoms with Crippen molar-refractivity contribution in [3.8, 4) is 5.75 Å². The van der Waals surface area contributed by atoms with Crippen molar-refractivity contribution in [1.29, 1.82) is 0 Å². The van der Waals surface area contributed by atoms with Crippen molar-refractivity contribution in [3.63, 3.8) is 0 Å². The maximum atomic E-state index is 13.0. The number of ether oxygens (including phenoxy) is 1. The lowest BCUT2D eigenvalue weighted by Crippen LogP contribution is -2.48. The summed E-state index contributed by atoms with van der Waals surface area (Å²) in [6, 6.07) is 14.2. The van der Waals surface area contributed by atoms with Gasteiger partial charge in [0, 0.05) is 56.6 Å². The molecule has 148 valence electrons. The highest BCUT2D eigenvalue weighted by Gasteiger charge is 2.16. The van der Waals surface area contributed by atoms with E-state index in [1.54, 1.807) is 13.2 Å².